The second-order valence-corrected chi connectivity index (χ2v) is 4.87. The quantitative estimate of drug-likeness (QED) is 0.647. The molecular weight excluding hydrogens is 190 g/mol. The van der Waals surface area contributed by atoms with Crippen molar-refractivity contribution in [3.8, 4) is 0 Å². The highest BCUT2D eigenvalue weighted by Gasteiger charge is 2.27. The van der Waals surface area contributed by atoms with Gasteiger partial charge < -0.3 is 10.2 Å². The van der Waals surface area contributed by atoms with Crippen LogP contribution in [0.1, 0.15) is 40.5 Å². The molecule has 0 aliphatic carbocycles. The molecule has 3 nitrogen and oxygen atoms in total. The lowest BCUT2D eigenvalue weighted by atomic mass is 9.92. The molecule has 15 heavy (non-hydrogen) atoms. The van der Waals surface area contributed by atoms with E-state index in [1.807, 2.05) is 20.8 Å². The molecular formula is C12H27NO2. The second kappa shape index (κ2) is 7.20. The fourth-order valence-electron chi connectivity index (χ4n) is 1.43. The summed E-state index contributed by atoms with van der Waals surface area (Å²) in [6.45, 7) is 10.5. The summed E-state index contributed by atoms with van der Waals surface area (Å²) in [4.78, 5) is 2.14. The summed E-state index contributed by atoms with van der Waals surface area (Å²) < 4.78 is 0. The van der Waals surface area contributed by atoms with Gasteiger partial charge in [0.2, 0.25) is 0 Å². The first kappa shape index (κ1) is 14.9. The van der Waals surface area contributed by atoms with Crippen LogP contribution >= 0.6 is 0 Å². The Hall–Kier alpha value is -0.120. The minimum atomic E-state index is -0.664. The average molecular weight is 217 g/mol. The normalized spacial score (nSPS) is 16.0. The van der Waals surface area contributed by atoms with Gasteiger partial charge in [0.05, 0.1) is 12.2 Å². The van der Waals surface area contributed by atoms with E-state index in [-0.39, 0.29) is 12.5 Å². The molecule has 0 aromatic carbocycles. The van der Waals surface area contributed by atoms with Gasteiger partial charge >= 0.3 is 0 Å². The monoisotopic (exact) mass is 217 g/mol. The van der Waals surface area contributed by atoms with Crippen LogP contribution in [0.4, 0.5) is 0 Å². The summed E-state index contributed by atoms with van der Waals surface area (Å²) in [5, 5.41) is 19.1. The Kier molecular flexibility index (Phi) is 7.14. The maximum absolute atomic E-state index is 10.2. The van der Waals surface area contributed by atoms with Crippen LogP contribution in [0, 0.1) is 5.92 Å². The maximum atomic E-state index is 10.2. The van der Waals surface area contributed by atoms with Crippen molar-refractivity contribution >= 4 is 0 Å². The van der Waals surface area contributed by atoms with E-state index in [4.69, 9.17) is 5.11 Å². The van der Waals surface area contributed by atoms with Crippen LogP contribution < -0.4 is 0 Å². The SMILES string of the molecule is CCCCN(CCO)CC(C)(O)C(C)C. The van der Waals surface area contributed by atoms with Crippen LogP contribution in [-0.2, 0) is 0 Å². The number of aliphatic hydroxyl groups excluding tert-OH is 1. The van der Waals surface area contributed by atoms with E-state index in [1.54, 1.807) is 0 Å². The lowest BCUT2D eigenvalue weighted by molar-refractivity contribution is -0.0218. The van der Waals surface area contributed by atoms with Gasteiger partial charge in [0.15, 0.2) is 0 Å². The zero-order chi connectivity index (χ0) is 11.9. The van der Waals surface area contributed by atoms with Crippen molar-refractivity contribution in [2.75, 3.05) is 26.2 Å². The molecule has 0 saturated carbocycles. The van der Waals surface area contributed by atoms with Crippen molar-refractivity contribution < 1.29 is 10.2 Å². The minimum Gasteiger partial charge on any atom is -0.395 e. The second-order valence-electron chi connectivity index (χ2n) is 4.87. The van der Waals surface area contributed by atoms with E-state index in [9.17, 15) is 5.11 Å². The maximum Gasteiger partial charge on any atom is 0.0768 e. The highest BCUT2D eigenvalue weighted by atomic mass is 16.3. The van der Waals surface area contributed by atoms with E-state index in [2.05, 4.69) is 11.8 Å². The molecule has 0 spiro atoms. The van der Waals surface area contributed by atoms with Crippen molar-refractivity contribution in [1.29, 1.82) is 0 Å². The summed E-state index contributed by atoms with van der Waals surface area (Å²) in [5.74, 6) is 0.236. The van der Waals surface area contributed by atoms with Gasteiger partial charge in [0.25, 0.3) is 0 Å². The van der Waals surface area contributed by atoms with Gasteiger partial charge in [-0.1, -0.05) is 27.2 Å². The Morgan fingerprint density at radius 2 is 1.87 bits per heavy atom. The van der Waals surface area contributed by atoms with Crippen LogP contribution in [0.3, 0.4) is 0 Å². The van der Waals surface area contributed by atoms with E-state index in [0.717, 1.165) is 19.4 Å². The molecule has 0 rings (SSSR count). The van der Waals surface area contributed by atoms with Gasteiger partial charge in [-0.3, -0.25) is 4.90 Å². The van der Waals surface area contributed by atoms with E-state index < -0.39 is 5.60 Å². The number of hydrogen-bond donors (Lipinski definition) is 2. The third-order valence-corrected chi connectivity index (χ3v) is 3.03. The lowest BCUT2D eigenvalue weighted by Gasteiger charge is -2.34. The van der Waals surface area contributed by atoms with Gasteiger partial charge in [-0.05, 0) is 25.8 Å². The number of aliphatic hydroxyl groups is 2. The first-order valence-corrected chi connectivity index (χ1v) is 5.99. The largest absolute Gasteiger partial charge is 0.395 e. The molecule has 92 valence electrons. The zero-order valence-electron chi connectivity index (χ0n) is 10.7. The molecule has 0 saturated heterocycles. The Morgan fingerprint density at radius 1 is 1.27 bits per heavy atom. The minimum absolute atomic E-state index is 0.165. The molecule has 0 radical (unpaired) electrons. The molecule has 3 heteroatoms. The van der Waals surface area contributed by atoms with Gasteiger partial charge in [-0.15, -0.1) is 0 Å². The van der Waals surface area contributed by atoms with Gasteiger partial charge in [-0.2, -0.15) is 0 Å². The molecule has 1 atom stereocenters. The Labute approximate surface area is 94.1 Å². The van der Waals surface area contributed by atoms with Gasteiger partial charge in [-0.25, -0.2) is 0 Å². The summed E-state index contributed by atoms with van der Waals surface area (Å²) >= 11 is 0. The molecule has 0 amide bonds. The van der Waals surface area contributed by atoms with Crippen molar-refractivity contribution in [2.24, 2.45) is 5.92 Å². The van der Waals surface area contributed by atoms with Crippen molar-refractivity contribution in [3.63, 3.8) is 0 Å². The van der Waals surface area contributed by atoms with Crippen LogP contribution in [0.5, 0.6) is 0 Å². The molecule has 0 aliphatic heterocycles. The molecule has 0 heterocycles. The number of unbranched alkanes of at least 4 members (excludes halogenated alkanes) is 1. The smallest absolute Gasteiger partial charge is 0.0768 e. The van der Waals surface area contributed by atoms with Gasteiger partial charge in [0.1, 0.15) is 0 Å². The molecule has 0 aromatic heterocycles. The highest BCUT2D eigenvalue weighted by molar-refractivity contribution is 4.80. The van der Waals surface area contributed by atoms with E-state index >= 15 is 0 Å². The number of nitrogens with zero attached hydrogens (tertiary/aromatic N) is 1. The molecule has 2 N–H and O–H groups in total. The van der Waals surface area contributed by atoms with Crippen LogP contribution in [0.15, 0.2) is 0 Å². The van der Waals surface area contributed by atoms with Crippen LogP contribution in [-0.4, -0.2) is 47.0 Å². The van der Waals surface area contributed by atoms with Crippen molar-refractivity contribution in [3.05, 3.63) is 0 Å². The number of rotatable bonds is 8. The molecule has 0 fully saturated rings. The summed E-state index contributed by atoms with van der Waals surface area (Å²) in [6.07, 6.45) is 2.26. The van der Waals surface area contributed by atoms with Crippen LogP contribution in [0.2, 0.25) is 0 Å². The van der Waals surface area contributed by atoms with Gasteiger partial charge in [0, 0.05) is 13.1 Å². The molecule has 0 bridgehead atoms. The predicted octanol–water partition coefficient (Wildman–Crippen LogP) is 1.49. The Bertz CT molecular complexity index is 158. The summed E-state index contributed by atoms with van der Waals surface area (Å²) in [5.41, 5.74) is -0.664. The molecule has 0 aromatic rings. The average Bonchev–Trinajstić information content (AvgIpc) is 2.14. The van der Waals surface area contributed by atoms with Crippen LogP contribution in [0.25, 0.3) is 0 Å². The Morgan fingerprint density at radius 3 is 2.27 bits per heavy atom. The molecule has 1 unspecified atom stereocenters. The van der Waals surface area contributed by atoms with E-state index in [0.29, 0.717) is 13.1 Å². The van der Waals surface area contributed by atoms with E-state index in [1.165, 1.54) is 0 Å². The molecule has 0 aliphatic rings. The first-order chi connectivity index (χ1) is 6.94. The third kappa shape index (κ3) is 6.13. The summed E-state index contributed by atoms with van der Waals surface area (Å²) in [6, 6.07) is 0. The fourth-order valence-corrected chi connectivity index (χ4v) is 1.43. The lowest BCUT2D eigenvalue weighted by Crippen LogP contribution is -2.45. The van der Waals surface area contributed by atoms with Crippen molar-refractivity contribution in [1.82, 2.24) is 4.90 Å². The Balaban J connectivity index is 4.13. The highest BCUT2D eigenvalue weighted by Crippen LogP contribution is 2.17. The number of hydrogen-bond acceptors (Lipinski definition) is 3. The third-order valence-electron chi connectivity index (χ3n) is 3.03. The fraction of sp³-hybridized carbons (Fsp3) is 1.00. The van der Waals surface area contributed by atoms with Crippen molar-refractivity contribution in [2.45, 2.75) is 46.1 Å². The standard InChI is InChI=1S/C12H27NO2/c1-5-6-7-13(8-9-14)10-12(4,15)11(2)3/h11,14-15H,5-10H2,1-4H3. The predicted molar refractivity (Wildman–Crippen MR) is 63.9 cm³/mol. The summed E-state index contributed by atoms with van der Waals surface area (Å²) in [7, 11) is 0. The topological polar surface area (TPSA) is 43.7 Å². The first-order valence-electron chi connectivity index (χ1n) is 5.99. The zero-order valence-corrected chi connectivity index (χ0v) is 10.7.